The average Bonchev–Trinajstić information content (AvgIpc) is 3.24. The first-order valence-electron chi connectivity index (χ1n) is 9.17. The van der Waals surface area contributed by atoms with Gasteiger partial charge in [-0.05, 0) is 61.7 Å². The fourth-order valence-corrected chi connectivity index (χ4v) is 5.97. The molecule has 0 saturated heterocycles. The van der Waals surface area contributed by atoms with Crippen molar-refractivity contribution in [3.05, 3.63) is 71.6 Å². The Morgan fingerprint density at radius 1 is 0.839 bits per heavy atom. The Morgan fingerprint density at radius 3 is 2.06 bits per heavy atom. The summed E-state index contributed by atoms with van der Waals surface area (Å²) in [4.78, 5) is 12.7. The van der Waals surface area contributed by atoms with Gasteiger partial charge in [-0.2, -0.15) is 0 Å². The van der Waals surface area contributed by atoms with Crippen LogP contribution in [-0.2, 0) is 20.0 Å². The maximum absolute atomic E-state index is 12.6. The molecule has 3 N–H and O–H groups in total. The second-order valence-electron chi connectivity index (χ2n) is 6.84. The van der Waals surface area contributed by atoms with Crippen molar-refractivity contribution in [1.82, 2.24) is 4.72 Å². The highest BCUT2D eigenvalue weighted by Gasteiger charge is 2.19. The minimum atomic E-state index is -3.78. The zero-order chi connectivity index (χ0) is 22.6. The fraction of sp³-hybridized carbons (Fsp3) is 0.150. The third-order valence-electron chi connectivity index (χ3n) is 4.00. The monoisotopic (exact) mass is 479 g/mol. The van der Waals surface area contributed by atoms with Gasteiger partial charge in [0.05, 0.1) is 16.3 Å². The predicted octanol–water partition coefficient (Wildman–Crippen LogP) is 3.49. The van der Waals surface area contributed by atoms with E-state index in [2.05, 4.69) is 14.8 Å². The van der Waals surface area contributed by atoms with E-state index in [1.54, 1.807) is 43.5 Å². The zero-order valence-electron chi connectivity index (χ0n) is 16.7. The number of rotatable bonds is 8. The van der Waals surface area contributed by atoms with Crippen LogP contribution in [0, 0.1) is 0 Å². The van der Waals surface area contributed by atoms with Crippen molar-refractivity contribution in [1.29, 1.82) is 0 Å². The van der Waals surface area contributed by atoms with Gasteiger partial charge in [-0.25, -0.2) is 21.6 Å². The van der Waals surface area contributed by atoms with E-state index in [1.165, 1.54) is 36.4 Å². The highest BCUT2D eigenvalue weighted by Crippen LogP contribution is 2.26. The average molecular weight is 480 g/mol. The molecular weight excluding hydrogens is 458 g/mol. The standard InChI is InChI=1S/C20H21N3O5S3/c1-14(2)22-30(25,26)16-11-9-15(10-12-16)20(24)21-17-6-3-4-7-18(17)23-31(27,28)19-8-5-13-29-19/h3-14,22-23H,1-2H3,(H,21,24). The van der Waals surface area contributed by atoms with Crippen LogP contribution >= 0.6 is 11.3 Å². The number of sulfonamides is 2. The molecule has 3 aromatic rings. The molecule has 0 atom stereocenters. The predicted molar refractivity (Wildman–Crippen MR) is 121 cm³/mol. The molecule has 0 aliphatic rings. The van der Waals surface area contributed by atoms with E-state index >= 15 is 0 Å². The van der Waals surface area contributed by atoms with Crippen molar-refractivity contribution < 1.29 is 21.6 Å². The number of carbonyl (C=O) groups excluding carboxylic acids is 1. The van der Waals surface area contributed by atoms with E-state index in [0.29, 0.717) is 0 Å². The first-order chi connectivity index (χ1) is 14.6. The minimum Gasteiger partial charge on any atom is -0.320 e. The molecule has 31 heavy (non-hydrogen) atoms. The third kappa shape index (κ3) is 5.70. The maximum atomic E-state index is 12.6. The van der Waals surface area contributed by atoms with Crippen molar-refractivity contribution in [2.75, 3.05) is 10.0 Å². The van der Waals surface area contributed by atoms with Gasteiger partial charge in [0.15, 0.2) is 0 Å². The molecule has 1 aromatic heterocycles. The number of anilines is 2. The number of nitrogens with one attached hydrogen (secondary N) is 3. The molecule has 0 spiro atoms. The molecular formula is C20H21N3O5S3. The van der Waals surface area contributed by atoms with E-state index < -0.39 is 26.0 Å². The molecule has 164 valence electrons. The largest absolute Gasteiger partial charge is 0.320 e. The van der Waals surface area contributed by atoms with Gasteiger partial charge in [0.2, 0.25) is 10.0 Å². The number of para-hydroxylation sites is 2. The van der Waals surface area contributed by atoms with Gasteiger partial charge in [-0.1, -0.05) is 18.2 Å². The van der Waals surface area contributed by atoms with Crippen LogP contribution in [0.3, 0.4) is 0 Å². The lowest BCUT2D eigenvalue weighted by Crippen LogP contribution is -2.30. The van der Waals surface area contributed by atoms with E-state index in [9.17, 15) is 21.6 Å². The van der Waals surface area contributed by atoms with Crippen LogP contribution < -0.4 is 14.8 Å². The molecule has 1 heterocycles. The molecule has 0 fully saturated rings. The molecule has 0 saturated carbocycles. The van der Waals surface area contributed by atoms with Crippen LogP contribution in [0.5, 0.6) is 0 Å². The summed E-state index contributed by atoms with van der Waals surface area (Å²) in [5.41, 5.74) is 0.704. The second-order valence-corrected chi connectivity index (χ2v) is 11.4. The van der Waals surface area contributed by atoms with Crippen LogP contribution in [0.15, 0.2) is 75.1 Å². The second kappa shape index (κ2) is 9.18. The summed E-state index contributed by atoms with van der Waals surface area (Å²) < 4.78 is 54.5. The lowest BCUT2D eigenvalue weighted by Gasteiger charge is -2.13. The van der Waals surface area contributed by atoms with Gasteiger partial charge >= 0.3 is 0 Å². The highest BCUT2D eigenvalue weighted by molar-refractivity contribution is 7.94. The number of hydrogen-bond donors (Lipinski definition) is 3. The SMILES string of the molecule is CC(C)NS(=O)(=O)c1ccc(C(=O)Nc2ccccc2NS(=O)(=O)c2cccs2)cc1. The third-order valence-corrected chi connectivity index (χ3v) is 8.43. The Morgan fingerprint density at radius 2 is 1.48 bits per heavy atom. The van der Waals surface area contributed by atoms with Gasteiger partial charge in [0.25, 0.3) is 15.9 Å². The summed E-state index contributed by atoms with van der Waals surface area (Å²) >= 11 is 1.08. The smallest absolute Gasteiger partial charge is 0.271 e. The molecule has 0 radical (unpaired) electrons. The Labute approximate surface area is 185 Å². The zero-order valence-corrected chi connectivity index (χ0v) is 19.1. The molecule has 8 nitrogen and oxygen atoms in total. The van der Waals surface area contributed by atoms with Crippen molar-refractivity contribution in [2.24, 2.45) is 0 Å². The van der Waals surface area contributed by atoms with Crippen LogP contribution in [0.25, 0.3) is 0 Å². The molecule has 1 amide bonds. The van der Waals surface area contributed by atoms with Crippen LogP contribution in [-0.4, -0.2) is 28.8 Å². The Bertz CT molecular complexity index is 1270. The van der Waals surface area contributed by atoms with Crippen molar-refractivity contribution in [3.63, 3.8) is 0 Å². The molecule has 0 unspecified atom stereocenters. The van der Waals surface area contributed by atoms with Gasteiger partial charge < -0.3 is 5.32 Å². The van der Waals surface area contributed by atoms with Gasteiger partial charge in [0, 0.05) is 11.6 Å². The molecule has 0 bridgehead atoms. The number of hydrogen-bond acceptors (Lipinski definition) is 6. The number of amides is 1. The van der Waals surface area contributed by atoms with Crippen LogP contribution in [0.4, 0.5) is 11.4 Å². The molecule has 3 rings (SSSR count). The summed E-state index contributed by atoms with van der Waals surface area (Å²) in [5, 5.41) is 4.31. The summed E-state index contributed by atoms with van der Waals surface area (Å²) in [5.74, 6) is -0.511. The summed E-state index contributed by atoms with van der Waals surface area (Å²) in [6, 6.07) is 14.7. The minimum absolute atomic E-state index is 0.0434. The van der Waals surface area contributed by atoms with E-state index in [-0.39, 0.29) is 32.1 Å². The molecule has 0 aliphatic carbocycles. The van der Waals surface area contributed by atoms with Gasteiger partial charge in [0.1, 0.15) is 4.21 Å². The Kier molecular flexibility index (Phi) is 6.80. The highest BCUT2D eigenvalue weighted by atomic mass is 32.2. The van der Waals surface area contributed by atoms with Crippen LogP contribution in [0.2, 0.25) is 0 Å². The molecule has 0 aliphatic heterocycles. The van der Waals surface area contributed by atoms with E-state index in [0.717, 1.165) is 11.3 Å². The van der Waals surface area contributed by atoms with Crippen molar-refractivity contribution in [3.8, 4) is 0 Å². The molecule has 2 aromatic carbocycles. The maximum Gasteiger partial charge on any atom is 0.271 e. The van der Waals surface area contributed by atoms with E-state index in [4.69, 9.17) is 0 Å². The van der Waals surface area contributed by atoms with Crippen molar-refractivity contribution >= 4 is 48.7 Å². The molecule has 11 heteroatoms. The number of benzene rings is 2. The normalized spacial score (nSPS) is 12.0. The Balaban J connectivity index is 1.79. The topological polar surface area (TPSA) is 121 Å². The van der Waals surface area contributed by atoms with E-state index in [1.807, 2.05) is 0 Å². The van der Waals surface area contributed by atoms with Gasteiger partial charge in [-0.15, -0.1) is 11.3 Å². The number of thiophene rings is 1. The first kappa shape index (κ1) is 22.9. The van der Waals surface area contributed by atoms with Crippen molar-refractivity contribution in [2.45, 2.75) is 29.0 Å². The lowest BCUT2D eigenvalue weighted by atomic mass is 10.2. The number of carbonyl (C=O) groups is 1. The summed E-state index contributed by atoms with van der Waals surface area (Å²) in [6.45, 7) is 3.42. The van der Waals surface area contributed by atoms with Gasteiger partial charge in [-0.3, -0.25) is 9.52 Å². The quantitative estimate of drug-likeness (QED) is 0.457. The fourth-order valence-electron chi connectivity index (χ4n) is 2.65. The Hall–Kier alpha value is -2.73. The van der Waals surface area contributed by atoms with Crippen LogP contribution in [0.1, 0.15) is 24.2 Å². The summed E-state index contributed by atoms with van der Waals surface area (Å²) in [6.07, 6.45) is 0. The summed E-state index contributed by atoms with van der Waals surface area (Å²) in [7, 11) is -7.45. The first-order valence-corrected chi connectivity index (χ1v) is 13.0. The lowest BCUT2D eigenvalue weighted by molar-refractivity contribution is 0.102.